The molecule has 0 aliphatic heterocycles. The highest BCUT2D eigenvalue weighted by molar-refractivity contribution is 5.50. The second kappa shape index (κ2) is 5.68. The standard InChI is InChI=1S/C12H22N4/c1-6-10-9(4)14-12(15-11(10)13-5)16(7-2)8-3/h6-8H2,1-5H3,(H,13,14,15). The first-order valence-corrected chi connectivity index (χ1v) is 5.98. The summed E-state index contributed by atoms with van der Waals surface area (Å²) in [4.78, 5) is 11.3. The molecule has 16 heavy (non-hydrogen) atoms. The van der Waals surface area contributed by atoms with Crippen molar-refractivity contribution in [3.05, 3.63) is 11.3 Å². The quantitative estimate of drug-likeness (QED) is 0.829. The lowest BCUT2D eigenvalue weighted by Gasteiger charge is -2.21. The average molecular weight is 222 g/mol. The molecular formula is C12H22N4. The first kappa shape index (κ1) is 12.7. The predicted octanol–water partition coefficient (Wildman–Crippen LogP) is 2.24. The molecule has 0 bridgehead atoms. The normalized spacial score (nSPS) is 10.3. The lowest BCUT2D eigenvalue weighted by atomic mass is 10.2. The maximum atomic E-state index is 4.57. The van der Waals surface area contributed by atoms with E-state index in [9.17, 15) is 0 Å². The number of nitrogens with one attached hydrogen (secondary N) is 1. The SMILES string of the molecule is CCc1c(C)nc(N(CC)CC)nc1NC. The molecular weight excluding hydrogens is 200 g/mol. The predicted molar refractivity (Wildman–Crippen MR) is 69.3 cm³/mol. The zero-order valence-electron chi connectivity index (χ0n) is 11.0. The minimum Gasteiger partial charge on any atom is -0.373 e. The third-order valence-corrected chi connectivity index (χ3v) is 2.84. The molecule has 0 aliphatic carbocycles. The summed E-state index contributed by atoms with van der Waals surface area (Å²) in [5, 5.41) is 3.15. The third-order valence-electron chi connectivity index (χ3n) is 2.84. The van der Waals surface area contributed by atoms with Gasteiger partial charge in [-0.3, -0.25) is 0 Å². The Labute approximate surface area is 98.1 Å². The summed E-state index contributed by atoms with van der Waals surface area (Å²) in [7, 11) is 1.91. The van der Waals surface area contributed by atoms with Crippen LogP contribution in [0, 0.1) is 6.92 Å². The van der Waals surface area contributed by atoms with Crippen molar-refractivity contribution in [3.8, 4) is 0 Å². The van der Waals surface area contributed by atoms with Crippen molar-refractivity contribution >= 4 is 11.8 Å². The van der Waals surface area contributed by atoms with E-state index < -0.39 is 0 Å². The molecule has 1 rings (SSSR count). The average Bonchev–Trinajstić information content (AvgIpc) is 2.29. The third kappa shape index (κ3) is 2.43. The molecule has 1 aromatic rings. The molecule has 0 radical (unpaired) electrons. The van der Waals surface area contributed by atoms with Crippen molar-refractivity contribution in [3.63, 3.8) is 0 Å². The fraction of sp³-hybridized carbons (Fsp3) is 0.667. The summed E-state index contributed by atoms with van der Waals surface area (Å²) in [5.41, 5.74) is 2.28. The number of hydrogen-bond acceptors (Lipinski definition) is 4. The van der Waals surface area contributed by atoms with Gasteiger partial charge in [0, 0.05) is 31.4 Å². The van der Waals surface area contributed by atoms with Crippen LogP contribution >= 0.6 is 0 Å². The van der Waals surface area contributed by atoms with Gasteiger partial charge in [0.2, 0.25) is 5.95 Å². The number of aromatic nitrogens is 2. The maximum Gasteiger partial charge on any atom is 0.227 e. The molecule has 0 aromatic carbocycles. The van der Waals surface area contributed by atoms with Gasteiger partial charge in [-0.15, -0.1) is 0 Å². The van der Waals surface area contributed by atoms with Crippen molar-refractivity contribution in [2.24, 2.45) is 0 Å². The van der Waals surface area contributed by atoms with Crippen molar-refractivity contribution in [2.45, 2.75) is 34.1 Å². The van der Waals surface area contributed by atoms with Crippen molar-refractivity contribution in [1.82, 2.24) is 9.97 Å². The monoisotopic (exact) mass is 222 g/mol. The molecule has 0 atom stereocenters. The molecule has 1 heterocycles. The number of anilines is 2. The van der Waals surface area contributed by atoms with E-state index in [1.807, 2.05) is 14.0 Å². The Hall–Kier alpha value is -1.32. The minimum atomic E-state index is 0.823. The lowest BCUT2D eigenvalue weighted by Crippen LogP contribution is -2.25. The van der Waals surface area contributed by atoms with E-state index in [1.54, 1.807) is 0 Å². The highest BCUT2D eigenvalue weighted by atomic mass is 15.3. The van der Waals surface area contributed by atoms with Gasteiger partial charge in [0.1, 0.15) is 5.82 Å². The van der Waals surface area contributed by atoms with Gasteiger partial charge < -0.3 is 10.2 Å². The van der Waals surface area contributed by atoms with Crippen LogP contribution in [0.4, 0.5) is 11.8 Å². The Bertz CT molecular complexity index is 345. The molecule has 1 aromatic heterocycles. The highest BCUT2D eigenvalue weighted by Gasteiger charge is 2.12. The van der Waals surface area contributed by atoms with Crippen LogP contribution in [0.1, 0.15) is 32.0 Å². The van der Waals surface area contributed by atoms with E-state index in [0.717, 1.165) is 37.0 Å². The molecule has 0 amide bonds. The van der Waals surface area contributed by atoms with E-state index in [0.29, 0.717) is 0 Å². The summed E-state index contributed by atoms with van der Waals surface area (Å²) in [5.74, 6) is 1.78. The fourth-order valence-electron chi connectivity index (χ4n) is 1.86. The largest absolute Gasteiger partial charge is 0.373 e. The molecule has 1 N–H and O–H groups in total. The topological polar surface area (TPSA) is 41.1 Å². The zero-order valence-corrected chi connectivity index (χ0v) is 11.0. The summed E-state index contributed by atoms with van der Waals surface area (Å²) < 4.78 is 0. The van der Waals surface area contributed by atoms with Crippen LogP contribution in [-0.4, -0.2) is 30.1 Å². The second-order valence-corrected chi connectivity index (χ2v) is 3.71. The summed E-state index contributed by atoms with van der Waals surface area (Å²) >= 11 is 0. The molecule has 4 heteroatoms. The van der Waals surface area contributed by atoms with E-state index in [-0.39, 0.29) is 0 Å². The maximum absolute atomic E-state index is 4.57. The highest BCUT2D eigenvalue weighted by Crippen LogP contribution is 2.20. The van der Waals surface area contributed by atoms with Gasteiger partial charge in [0.15, 0.2) is 0 Å². The van der Waals surface area contributed by atoms with Gasteiger partial charge in [0.05, 0.1) is 0 Å². The van der Waals surface area contributed by atoms with Gasteiger partial charge in [-0.1, -0.05) is 6.92 Å². The van der Waals surface area contributed by atoms with Crippen molar-refractivity contribution in [1.29, 1.82) is 0 Å². The van der Waals surface area contributed by atoms with Crippen LogP contribution < -0.4 is 10.2 Å². The molecule has 0 saturated carbocycles. The Morgan fingerprint density at radius 3 is 2.19 bits per heavy atom. The second-order valence-electron chi connectivity index (χ2n) is 3.71. The Morgan fingerprint density at radius 1 is 1.12 bits per heavy atom. The molecule has 0 spiro atoms. The molecule has 0 aliphatic rings. The van der Waals surface area contributed by atoms with Gasteiger partial charge in [-0.2, -0.15) is 4.98 Å². The first-order valence-electron chi connectivity index (χ1n) is 5.98. The zero-order chi connectivity index (χ0) is 12.1. The first-order chi connectivity index (χ1) is 7.67. The van der Waals surface area contributed by atoms with Crippen molar-refractivity contribution < 1.29 is 0 Å². The number of hydrogen-bond donors (Lipinski definition) is 1. The van der Waals surface area contributed by atoms with Gasteiger partial charge in [-0.25, -0.2) is 4.98 Å². The molecule has 0 unspecified atom stereocenters. The van der Waals surface area contributed by atoms with Crippen LogP contribution in [0.2, 0.25) is 0 Å². The van der Waals surface area contributed by atoms with E-state index in [4.69, 9.17) is 0 Å². The number of aryl methyl sites for hydroxylation is 1. The molecule has 0 fully saturated rings. The molecule has 90 valence electrons. The van der Waals surface area contributed by atoms with Crippen LogP contribution in [0.15, 0.2) is 0 Å². The summed E-state index contributed by atoms with van der Waals surface area (Å²) in [6.45, 7) is 10.3. The lowest BCUT2D eigenvalue weighted by molar-refractivity contribution is 0.811. The van der Waals surface area contributed by atoms with E-state index in [2.05, 4.69) is 41.0 Å². The smallest absolute Gasteiger partial charge is 0.227 e. The van der Waals surface area contributed by atoms with Crippen LogP contribution in [-0.2, 0) is 6.42 Å². The number of rotatable bonds is 5. The van der Waals surface area contributed by atoms with Crippen molar-refractivity contribution in [2.75, 3.05) is 30.4 Å². The molecule has 0 saturated heterocycles. The van der Waals surface area contributed by atoms with Gasteiger partial charge in [-0.05, 0) is 27.2 Å². The van der Waals surface area contributed by atoms with E-state index >= 15 is 0 Å². The number of nitrogens with zero attached hydrogens (tertiary/aromatic N) is 3. The Balaban J connectivity index is 3.19. The Kier molecular flexibility index (Phi) is 4.52. The van der Waals surface area contributed by atoms with Crippen LogP contribution in [0.3, 0.4) is 0 Å². The fourth-order valence-corrected chi connectivity index (χ4v) is 1.86. The van der Waals surface area contributed by atoms with Gasteiger partial charge in [0.25, 0.3) is 0 Å². The summed E-state index contributed by atoms with van der Waals surface area (Å²) in [6.07, 6.45) is 0.959. The van der Waals surface area contributed by atoms with Crippen LogP contribution in [0.5, 0.6) is 0 Å². The van der Waals surface area contributed by atoms with Gasteiger partial charge >= 0.3 is 0 Å². The Morgan fingerprint density at radius 2 is 1.75 bits per heavy atom. The van der Waals surface area contributed by atoms with E-state index in [1.165, 1.54) is 5.56 Å². The molecule has 4 nitrogen and oxygen atoms in total. The minimum absolute atomic E-state index is 0.823. The van der Waals surface area contributed by atoms with Crippen LogP contribution in [0.25, 0.3) is 0 Å². The summed E-state index contributed by atoms with van der Waals surface area (Å²) in [6, 6.07) is 0.